The van der Waals surface area contributed by atoms with E-state index in [-0.39, 0.29) is 5.57 Å². The van der Waals surface area contributed by atoms with E-state index < -0.39 is 5.91 Å². The van der Waals surface area contributed by atoms with Crippen LogP contribution in [0.1, 0.15) is 16.9 Å². The van der Waals surface area contributed by atoms with Gasteiger partial charge in [0.2, 0.25) is 0 Å². The summed E-state index contributed by atoms with van der Waals surface area (Å²) < 4.78 is 5.72. The number of furan rings is 1. The number of anilines is 1. The van der Waals surface area contributed by atoms with Crippen LogP contribution in [-0.4, -0.2) is 5.91 Å². The summed E-state index contributed by atoms with van der Waals surface area (Å²) >= 11 is 12.0. The number of nitrogens with one attached hydrogen (secondary N) is 1. The Morgan fingerprint density at radius 2 is 1.75 bits per heavy atom. The fourth-order valence-electron chi connectivity index (χ4n) is 2.59. The quantitative estimate of drug-likeness (QED) is 0.398. The summed E-state index contributed by atoms with van der Waals surface area (Å²) in [5.74, 6) is 0.398. The van der Waals surface area contributed by atoms with Crippen LogP contribution in [-0.2, 0) is 4.79 Å². The van der Waals surface area contributed by atoms with Crippen molar-refractivity contribution in [2.45, 2.75) is 13.8 Å². The third-order valence-corrected chi connectivity index (χ3v) is 4.63. The van der Waals surface area contributed by atoms with Crippen LogP contribution < -0.4 is 5.32 Å². The summed E-state index contributed by atoms with van der Waals surface area (Å²) in [6.07, 6.45) is 1.39. The summed E-state index contributed by atoms with van der Waals surface area (Å²) in [5.41, 5.74) is 3.44. The average Bonchev–Trinajstić information content (AvgIpc) is 3.10. The van der Waals surface area contributed by atoms with Crippen molar-refractivity contribution in [3.63, 3.8) is 0 Å². The SMILES string of the molecule is Cc1ccc(NC(=O)/C(C#N)=C\c2ccc(-c3cc(Cl)cc(Cl)c3)o2)cc1C. The lowest BCUT2D eigenvalue weighted by Gasteiger charge is -2.06. The lowest BCUT2D eigenvalue weighted by molar-refractivity contribution is -0.112. The van der Waals surface area contributed by atoms with E-state index in [0.717, 1.165) is 11.1 Å². The van der Waals surface area contributed by atoms with E-state index >= 15 is 0 Å². The van der Waals surface area contributed by atoms with Gasteiger partial charge in [-0.1, -0.05) is 29.3 Å². The van der Waals surface area contributed by atoms with Gasteiger partial charge in [0.1, 0.15) is 23.2 Å². The lowest BCUT2D eigenvalue weighted by Crippen LogP contribution is -2.13. The van der Waals surface area contributed by atoms with Gasteiger partial charge in [0.05, 0.1) is 0 Å². The number of aryl methyl sites for hydroxylation is 2. The van der Waals surface area contributed by atoms with Crippen LogP contribution in [0.4, 0.5) is 5.69 Å². The van der Waals surface area contributed by atoms with E-state index in [9.17, 15) is 10.1 Å². The molecular formula is C22H16Cl2N2O2. The summed E-state index contributed by atoms with van der Waals surface area (Å²) in [6.45, 7) is 3.95. The molecular weight excluding hydrogens is 395 g/mol. The molecule has 4 nitrogen and oxygen atoms in total. The Morgan fingerprint density at radius 3 is 2.39 bits per heavy atom. The molecule has 0 bridgehead atoms. The summed E-state index contributed by atoms with van der Waals surface area (Å²) in [6, 6.07) is 15.9. The van der Waals surface area contributed by atoms with Crippen molar-refractivity contribution in [1.29, 1.82) is 5.26 Å². The van der Waals surface area contributed by atoms with Crippen LogP contribution in [0.15, 0.2) is 58.5 Å². The first kappa shape index (κ1) is 19.8. The maximum Gasteiger partial charge on any atom is 0.266 e. The van der Waals surface area contributed by atoms with Gasteiger partial charge in [0.15, 0.2) is 0 Å². The van der Waals surface area contributed by atoms with Gasteiger partial charge < -0.3 is 9.73 Å². The fourth-order valence-corrected chi connectivity index (χ4v) is 3.12. The Bertz CT molecular complexity index is 1100. The molecule has 3 rings (SSSR count). The standard InChI is InChI=1S/C22H16Cl2N2O2/c1-13-3-4-19(7-14(13)2)26-22(27)16(12-25)10-20-5-6-21(28-20)15-8-17(23)11-18(24)9-15/h3-11H,1-2H3,(H,26,27)/b16-10-. The number of carbonyl (C=O) groups excluding carboxylic acids is 1. The van der Waals surface area contributed by atoms with Gasteiger partial charge in [-0.15, -0.1) is 0 Å². The van der Waals surface area contributed by atoms with Crippen molar-refractivity contribution in [1.82, 2.24) is 0 Å². The topological polar surface area (TPSA) is 66.0 Å². The summed E-state index contributed by atoms with van der Waals surface area (Å²) in [7, 11) is 0. The van der Waals surface area contributed by atoms with E-state index in [4.69, 9.17) is 27.6 Å². The Balaban J connectivity index is 1.82. The highest BCUT2D eigenvalue weighted by atomic mass is 35.5. The third kappa shape index (κ3) is 4.64. The van der Waals surface area contributed by atoms with Gasteiger partial charge in [-0.05, 0) is 67.4 Å². The van der Waals surface area contributed by atoms with E-state index in [1.807, 2.05) is 32.0 Å². The van der Waals surface area contributed by atoms with Crippen LogP contribution in [0.2, 0.25) is 10.0 Å². The molecule has 3 aromatic rings. The Hall–Kier alpha value is -3.00. The molecule has 0 aliphatic carbocycles. The first-order valence-electron chi connectivity index (χ1n) is 8.42. The molecule has 28 heavy (non-hydrogen) atoms. The molecule has 1 N–H and O–H groups in total. The summed E-state index contributed by atoms with van der Waals surface area (Å²) in [5, 5.41) is 13.1. The van der Waals surface area contributed by atoms with Gasteiger partial charge in [-0.3, -0.25) is 4.79 Å². The van der Waals surface area contributed by atoms with Gasteiger partial charge in [-0.25, -0.2) is 0 Å². The number of carbonyl (C=O) groups is 1. The summed E-state index contributed by atoms with van der Waals surface area (Å²) in [4.78, 5) is 12.4. The molecule has 0 aliphatic rings. The van der Waals surface area contributed by atoms with Crippen molar-refractivity contribution >= 4 is 40.9 Å². The van der Waals surface area contributed by atoms with Crippen LogP contribution in [0, 0.1) is 25.2 Å². The molecule has 1 heterocycles. The van der Waals surface area contributed by atoms with Crippen LogP contribution in [0.25, 0.3) is 17.4 Å². The second-order valence-electron chi connectivity index (χ2n) is 6.28. The predicted molar refractivity (Wildman–Crippen MR) is 112 cm³/mol. The second kappa shape index (κ2) is 8.35. The molecule has 6 heteroatoms. The Labute approximate surface area is 173 Å². The van der Waals surface area contributed by atoms with Crippen molar-refractivity contribution in [2.24, 2.45) is 0 Å². The minimum Gasteiger partial charge on any atom is -0.457 e. The largest absolute Gasteiger partial charge is 0.457 e. The molecule has 0 unspecified atom stereocenters. The molecule has 1 amide bonds. The lowest BCUT2D eigenvalue weighted by atomic mass is 10.1. The number of nitrogens with zero attached hydrogens (tertiary/aromatic N) is 1. The van der Waals surface area contributed by atoms with Crippen molar-refractivity contribution < 1.29 is 9.21 Å². The van der Waals surface area contributed by atoms with Gasteiger partial charge in [-0.2, -0.15) is 5.26 Å². The number of rotatable bonds is 4. The van der Waals surface area contributed by atoms with Gasteiger partial charge in [0.25, 0.3) is 5.91 Å². The number of amides is 1. The molecule has 2 aromatic carbocycles. The molecule has 140 valence electrons. The van der Waals surface area contributed by atoms with Crippen LogP contribution in [0.3, 0.4) is 0 Å². The van der Waals surface area contributed by atoms with Crippen LogP contribution in [0.5, 0.6) is 0 Å². The maximum atomic E-state index is 12.4. The highest BCUT2D eigenvalue weighted by Crippen LogP contribution is 2.29. The Kier molecular flexibility index (Phi) is 5.89. The number of benzene rings is 2. The molecule has 0 saturated heterocycles. The number of halogens is 2. The minimum absolute atomic E-state index is 0.0664. The molecule has 1 aromatic heterocycles. The molecule has 0 radical (unpaired) electrons. The zero-order valence-corrected chi connectivity index (χ0v) is 16.7. The van der Waals surface area contributed by atoms with Gasteiger partial charge in [0, 0.05) is 27.4 Å². The van der Waals surface area contributed by atoms with Crippen molar-refractivity contribution in [3.05, 3.63) is 81.0 Å². The van der Waals surface area contributed by atoms with E-state index in [1.165, 1.54) is 6.08 Å². The molecule has 0 saturated carbocycles. The molecule has 0 aliphatic heterocycles. The van der Waals surface area contributed by atoms with Crippen molar-refractivity contribution in [2.75, 3.05) is 5.32 Å². The zero-order chi connectivity index (χ0) is 20.3. The molecule has 0 fully saturated rings. The first-order chi connectivity index (χ1) is 13.4. The second-order valence-corrected chi connectivity index (χ2v) is 7.16. The first-order valence-corrected chi connectivity index (χ1v) is 9.18. The van der Waals surface area contributed by atoms with E-state index in [2.05, 4.69) is 5.32 Å². The van der Waals surface area contributed by atoms with Crippen LogP contribution >= 0.6 is 23.2 Å². The predicted octanol–water partition coefficient (Wildman–Crippen LogP) is 6.42. The highest BCUT2D eigenvalue weighted by Gasteiger charge is 2.12. The number of hydrogen-bond donors (Lipinski definition) is 1. The normalized spacial score (nSPS) is 11.2. The fraction of sp³-hybridized carbons (Fsp3) is 0.0909. The average molecular weight is 411 g/mol. The molecule has 0 spiro atoms. The minimum atomic E-state index is -0.505. The smallest absolute Gasteiger partial charge is 0.266 e. The van der Waals surface area contributed by atoms with Gasteiger partial charge >= 0.3 is 0 Å². The maximum absolute atomic E-state index is 12.4. The van der Waals surface area contributed by atoms with Crippen molar-refractivity contribution in [3.8, 4) is 17.4 Å². The van der Waals surface area contributed by atoms with E-state index in [1.54, 1.807) is 36.4 Å². The molecule has 0 atom stereocenters. The van der Waals surface area contributed by atoms with E-state index in [0.29, 0.717) is 32.8 Å². The monoisotopic (exact) mass is 410 g/mol. The highest BCUT2D eigenvalue weighted by molar-refractivity contribution is 6.35. The Morgan fingerprint density at radius 1 is 1.04 bits per heavy atom. The number of nitriles is 1. The third-order valence-electron chi connectivity index (χ3n) is 4.19. The zero-order valence-electron chi connectivity index (χ0n) is 15.2. The number of hydrogen-bond acceptors (Lipinski definition) is 3.